The fourth-order valence-electron chi connectivity index (χ4n) is 2.43. The zero-order valence-corrected chi connectivity index (χ0v) is 16.0. The molecule has 1 fully saturated rings. The van der Waals surface area contributed by atoms with E-state index in [0.29, 0.717) is 36.9 Å². The lowest BCUT2D eigenvalue weighted by Crippen LogP contribution is -2.62. The van der Waals surface area contributed by atoms with Crippen molar-refractivity contribution in [3.63, 3.8) is 0 Å². The van der Waals surface area contributed by atoms with Crippen LogP contribution in [0.3, 0.4) is 0 Å². The van der Waals surface area contributed by atoms with Gasteiger partial charge in [-0.15, -0.1) is 5.01 Å². The van der Waals surface area contributed by atoms with Crippen molar-refractivity contribution in [3.05, 3.63) is 29.6 Å². The molecular weight excluding hydrogens is 368 g/mol. The van der Waals surface area contributed by atoms with E-state index in [4.69, 9.17) is 9.26 Å². The molecule has 0 N–H and O–H groups in total. The van der Waals surface area contributed by atoms with E-state index in [9.17, 15) is 10.4 Å². The van der Waals surface area contributed by atoms with E-state index in [1.165, 1.54) is 16.6 Å². The van der Waals surface area contributed by atoms with Gasteiger partial charge < -0.3 is 9.84 Å². The minimum absolute atomic E-state index is 0.0570. The summed E-state index contributed by atoms with van der Waals surface area (Å²) in [6.45, 7) is 6.66. The molecule has 0 aromatic carbocycles. The highest BCUT2D eigenvalue weighted by molar-refractivity contribution is 7.99. The summed E-state index contributed by atoms with van der Waals surface area (Å²) in [5, 5.41) is 27.7. The summed E-state index contributed by atoms with van der Waals surface area (Å²) in [6.07, 6.45) is 1.56. The number of aliphatic imine (C=N–C) groups is 1. The summed E-state index contributed by atoms with van der Waals surface area (Å²) in [7, 11) is 0. The number of ether oxygens (including phenoxy) is 1. The molecule has 2 aromatic rings. The van der Waals surface area contributed by atoms with Crippen LogP contribution in [0.4, 0.5) is 5.88 Å². The van der Waals surface area contributed by atoms with Crippen molar-refractivity contribution < 1.29 is 19.2 Å². The van der Waals surface area contributed by atoms with Crippen molar-refractivity contribution in [3.8, 4) is 6.07 Å². The fourth-order valence-corrected chi connectivity index (χ4v) is 3.19. The van der Waals surface area contributed by atoms with Gasteiger partial charge in [0.2, 0.25) is 5.27 Å². The van der Waals surface area contributed by atoms with Crippen molar-refractivity contribution in [2.75, 3.05) is 37.1 Å². The predicted molar refractivity (Wildman–Crippen MR) is 96.3 cm³/mol. The summed E-state index contributed by atoms with van der Waals surface area (Å²) in [4.78, 5) is 9.93. The normalized spacial score (nSPS) is 15.2. The van der Waals surface area contributed by atoms with Crippen LogP contribution in [0.5, 0.6) is 0 Å². The quantitative estimate of drug-likeness (QED) is 0.304. The average Bonchev–Trinajstić information content (AvgIpc) is 3.15. The second kappa shape index (κ2) is 8.83. The summed E-state index contributed by atoms with van der Waals surface area (Å²) in [5.41, 5.74) is 1.32. The first kappa shape index (κ1) is 19.1. The van der Waals surface area contributed by atoms with Gasteiger partial charge in [-0.2, -0.15) is 5.26 Å². The molecule has 3 heterocycles. The zero-order valence-electron chi connectivity index (χ0n) is 15.2. The van der Waals surface area contributed by atoms with Crippen molar-refractivity contribution in [1.29, 1.82) is 5.26 Å². The SMILES string of the molecule is CC(C)c1ccc(C#N)c(SC/C([O-])=N/c2c[n+](N3CCOCC3)no2)n1. The Kier molecular flexibility index (Phi) is 6.26. The molecule has 0 unspecified atom stereocenters. The maximum absolute atomic E-state index is 12.2. The Bertz CT molecular complexity index is 855. The van der Waals surface area contributed by atoms with Crippen LogP contribution in [-0.4, -0.2) is 48.2 Å². The number of nitrogens with zero attached hydrogens (tertiary/aromatic N) is 6. The number of rotatable bonds is 6. The molecule has 27 heavy (non-hydrogen) atoms. The Hall–Kier alpha value is -2.64. The molecule has 0 aliphatic carbocycles. The molecule has 9 nitrogen and oxygen atoms in total. The minimum Gasteiger partial charge on any atom is -0.861 e. The lowest BCUT2D eigenvalue weighted by molar-refractivity contribution is -0.759. The van der Waals surface area contributed by atoms with Crippen LogP contribution >= 0.6 is 11.8 Å². The summed E-state index contributed by atoms with van der Waals surface area (Å²) in [6, 6.07) is 5.66. The molecule has 142 valence electrons. The van der Waals surface area contributed by atoms with E-state index < -0.39 is 0 Å². The topological polar surface area (TPSA) is 114 Å². The van der Waals surface area contributed by atoms with Crippen molar-refractivity contribution >= 4 is 23.5 Å². The van der Waals surface area contributed by atoms with Crippen LogP contribution in [0.15, 0.2) is 32.9 Å². The Morgan fingerprint density at radius 3 is 2.93 bits per heavy atom. The first-order valence-corrected chi connectivity index (χ1v) is 9.55. The van der Waals surface area contributed by atoms with Gasteiger partial charge in [0.1, 0.15) is 11.1 Å². The number of aromatic nitrogens is 3. The van der Waals surface area contributed by atoms with Crippen LogP contribution in [0.1, 0.15) is 31.0 Å². The number of thioether (sulfide) groups is 1. The Labute approximate surface area is 161 Å². The third kappa shape index (κ3) is 4.96. The van der Waals surface area contributed by atoms with Gasteiger partial charge in [-0.05, 0) is 23.9 Å². The second-order valence-electron chi connectivity index (χ2n) is 6.18. The molecule has 0 saturated carbocycles. The van der Waals surface area contributed by atoms with E-state index >= 15 is 0 Å². The molecule has 0 radical (unpaired) electrons. The third-order valence-corrected chi connectivity index (χ3v) is 4.86. The highest BCUT2D eigenvalue weighted by atomic mass is 32.2. The Morgan fingerprint density at radius 1 is 1.44 bits per heavy atom. The van der Waals surface area contributed by atoms with Gasteiger partial charge in [-0.3, -0.25) is 4.52 Å². The van der Waals surface area contributed by atoms with E-state index in [0.717, 1.165) is 5.69 Å². The second-order valence-corrected chi connectivity index (χ2v) is 7.14. The van der Waals surface area contributed by atoms with Crippen molar-refractivity contribution in [2.45, 2.75) is 24.8 Å². The zero-order chi connectivity index (χ0) is 19.2. The number of pyridine rings is 1. The summed E-state index contributed by atoms with van der Waals surface area (Å²) < 4.78 is 10.4. The Morgan fingerprint density at radius 2 is 2.22 bits per heavy atom. The van der Waals surface area contributed by atoms with Gasteiger partial charge in [0.05, 0.1) is 36.7 Å². The van der Waals surface area contributed by atoms with Gasteiger partial charge in [0, 0.05) is 11.4 Å². The van der Waals surface area contributed by atoms with Gasteiger partial charge in [0.25, 0.3) is 6.20 Å². The van der Waals surface area contributed by atoms with E-state index in [1.807, 2.05) is 24.9 Å². The van der Waals surface area contributed by atoms with Gasteiger partial charge in [-0.25, -0.2) is 9.98 Å². The lowest BCUT2D eigenvalue weighted by atomic mass is 10.1. The number of hydrogen-bond acceptors (Lipinski definition) is 9. The van der Waals surface area contributed by atoms with E-state index in [1.54, 1.807) is 12.3 Å². The van der Waals surface area contributed by atoms with Gasteiger partial charge >= 0.3 is 5.88 Å². The molecule has 3 rings (SSSR count). The molecule has 1 aliphatic rings. The maximum Gasteiger partial charge on any atom is 0.324 e. The fraction of sp³-hybridized carbons (Fsp3) is 0.471. The molecule has 1 aliphatic heterocycles. The molecular formula is C17H20N6O3S. The molecule has 0 spiro atoms. The average molecular weight is 388 g/mol. The molecule has 2 aromatic heterocycles. The van der Waals surface area contributed by atoms with Crippen LogP contribution < -0.4 is 14.9 Å². The number of hydrogen-bond donors (Lipinski definition) is 0. The van der Waals surface area contributed by atoms with Gasteiger partial charge in [0.15, 0.2) is 0 Å². The smallest absolute Gasteiger partial charge is 0.324 e. The molecule has 0 bridgehead atoms. The number of morpholine rings is 1. The first-order valence-electron chi connectivity index (χ1n) is 8.57. The summed E-state index contributed by atoms with van der Waals surface area (Å²) in [5.74, 6) is 0.0475. The predicted octanol–water partition coefficient (Wildman–Crippen LogP) is 0.503. The largest absolute Gasteiger partial charge is 0.861 e. The van der Waals surface area contributed by atoms with Crippen molar-refractivity contribution in [2.24, 2.45) is 4.99 Å². The first-order chi connectivity index (χ1) is 13.1. The standard InChI is InChI=1S/C17H20N6O3S/c1-12(2)14-4-3-13(9-18)17(19-14)27-11-15(24)20-16-10-23(21-26-16)22-5-7-25-8-6-22/h3-4,10,12H,5-8,11H2,1-2H3. The highest BCUT2D eigenvalue weighted by Crippen LogP contribution is 2.23. The Balaban J connectivity index is 1.65. The van der Waals surface area contributed by atoms with Crippen molar-refractivity contribution in [1.82, 2.24) is 10.3 Å². The molecule has 10 heteroatoms. The molecule has 1 saturated heterocycles. The van der Waals surface area contributed by atoms with Crippen LogP contribution in [0.2, 0.25) is 0 Å². The van der Waals surface area contributed by atoms with E-state index in [-0.39, 0.29) is 23.5 Å². The summed E-state index contributed by atoms with van der Waals surface area (Å²) >= 11 is 1.19. The number of nitriles is 1. The molecule has 0 amide bonds. The van der Waals surface area contributed by atoms with Gasteiger partial charge in [-0.1, -0.05) is 25.6 Å². The van der Waals surface area contributed by atoms with E-state index in [2.05, 4.69) is 21.3 Å². The van der Waals surface area contributed by atoms with Crippen LogP contribution in [0, 0.1) is 11.3 Å². The van der Waals surface area contributed by atoms with Crippen LogP contribution in [-0.2, 0) is 4.74 Å². The maximum atomic E-state index is 12.2. The third-order valence-electron chi connectivity index (χ3n) is 3.88. The van der Waals surface area contributed by atoms with Crippen LogP contribution in [0.25, 0.3) is 0 Å². The monoisotopic (exact) mass is 388 g/mol. The minimum atomic E-state index is -0.383. The highest BCUT2D eigenvalue weighted by Gasteiger charge is 2.22. The lowest BCUT2D eigenvalue weighted by Gasteiger charge is -2.18. The molecule has 0 atom stereocenters.